The highest BCUT2D eigenvalue weighted by Crippen LogP contribution is 2.23. The zero-order valence-corrected chi connectivity index (χ0v) is 17.0. The maximum Gasteiger partial charge on any atom is 0.224 e. The molecule has 6 heteroatoms. The smallest absolute Gasteiger partial charge is 0.224 e. The van der Waals surface area contributed by atoms with Crippen molar-refractivity contribution in [3.8, 4) is 5.75 Å². The normalized spacial score (nSPS) is 16.8. The van der Waals surface area contributed by atoms with Crippen LogP contribution in [0.2, 0.25) is 0 Å². The Morgan fingerprint density at radius 1 is 1.19 bits per heavy atom. The summed E-state index contributed by atoms with van der Waals surface area (Å²) >= 11 is 1.71. The molecule has 0 aliphatic carbocycles. The van der Waals surface area contributed by atoms with Crippen LogP contribution >= 0.6 is 11.3 Å². The molecule has 1 fully saturated rings. The first-order chi connectivity index (χ1) is 13.2. The fourth-order valence-corrected chi connectivity index (χ4v) is 4.09. The molecule has 1 N–H and O–H groups in total. The van der Waals surface area contributed by atoms with Crippen LogP contribution < -0.4 is 10.1 Å². The van der Waals surface area contributed by atoms with Gasteiger partial charge in [-0.2, -0.15) is 11.3 Å². The summed E-state index contributed by atoms with van der Waals surface area (Å²) in [5.74, 6) is 0.905. The maximum absolute atomic E-state index is 12.5. The largest absolute Gasteiger partial charge is 0.494 e. The average molecular weight is 388 g/mol. The van der Waals surface area contributed by atoms with Gasteiger partial charge in [0.2, 0.25) is 5.91 Å². The Morgan fingerprint density at radius 3 is 2.56 bits per heavy atom. The molecule has 1 aliphatic rings. The lowest BCUT2D eigenvalue weighted by Gasteiger charge is -2.38. The first-order valence-electron chi connectivity index (χ1n) is 9.59. The van der Waals surface area contributed by atoms with Gasteiger partial charge in [-0.25, -0.2) is 0 Å². The summed E-state index contributed by atoms with van der Waals surface area (Å²) in [7, 11) is 2.16. The van der Waals surface area contributed by atoms with Crippen molar-refractivity contribution in [3.63, 3.8) is 0 Å². The second-order valence-corrected chi connectivity index (χ2v) is 7.75. The lowest BCUT2D eigenvalue weighted by molar-refractivity contribution is -0.120. The van der Waals surface area contributed by atoms with Crippen molar-refractivity contribution in [1.82, 2.24) is 15.1 Å². The van der Waals surface area contributed by atoms with Crippen molar-refractivity contribution in [2.24, 2.45) is 0 Å². The van der Waals surface area contributed by atoms with Gasteiger partial charge in [0.05, 0.1) is 19.1 Å². The Hall–Kier alpha value is -1.89. The molecule has 1 aromatic heterocycles. The van der Waals surface area contributed by atoms with E-state index in [2.05, 4.69) is 39.0 Å². The Balaban J connectivity index is 1.55. The zero-order chi connectivity index (χ0) is 19.1. The number of hydrogen-bond donors (Lipinski definition) is 1. The summed E-state index contributed by atoms with van der Waals surface area (Å²) in [4.78, 5) is 17.3. The van der Waals surface area contributed by atoms with E-state index in [4.69, 9.17) is 4.74 Å². The van der Waals surface area contributed by atoms with E-state index >= 15 is 0 Å². The number of piperazine rings is 1. The number of carbonyl (C=O) groups is 1. The number of carbonyl (C=O) groups excluding carboxylic acids is 1. The number of benzene rings is 1. The molecular weight excluding hydrogens is 358 g/mol. The van der Waals surface area contributed by atoms with Gasteiger partial charge in [0.15, 0.2) is 0 Å². The van der Waals surface area contributed by atoms with Gasteiger partial charge in [0, 0.05) is 32.7 Å². The van der Waals surface area contributed by atoms with Crippen LogP contribution in [0.5, 0.6) is 5.75 Å². The van der Waals surface area contributed by atoms with Gasteiger partial charge in [0.25, 0.3) is 0 Å². The molecule has 1 saturated heterocycles. The highest BCUT2D eigenvalue weighted by atomic mass is 32.1. The molecule has 146 valence electrons. The van der Waals surface area contributed by atoms with E-state index in [-0.39, 0.29) is 11.9 Å². The predicted molar refractivity (Wildman–Crippen MR) is 110 cm³/mol. The Kier molecular flexibility index (Phi) is 7.26. The Bertz CT molecular complexity index is 695. The van der Waals surface area contributed by atoms with Crippen molar-refractivity contribution in [1.29, 1.82) is 0 Å². The molecule has 0 spiro atoms. The number of hydrogen-bond acceptors (Lipinski definition) is 5. The predicted octanol–water partition coefficient (Wildman–Crippen LogP) is 2.79. The molecule has 1 unspecified atom stereocenters. The second-order valence-electron chi connectivity index (χ2n) is 6.97. The summed E-state index contributed by atoms with van der Waals surface area (Å²) in [5, 5.41) is 7.45. The number of nitrogens with one attached hydrogen (secondary N) is 1. The summed E-state index contributed by atoms with van der Waals surface area (Å²) < 4.78 is 5.45. The monoisotopic (exact) mass is 387 g/mol. The third kappa shape index (κ3) is 5.79. The van der Waals surface area contributed by atoms with Crippen molar-refractivity contribution >= 4 is 17.2 Å². The van der Waals surface area contributed by atoms with Gasteiger partial charge in [-0.3, -0.25) is 9.69 Å². The number of ether oxygens (including phenoxy) is 1. The first-order valence-corrected chi connectivity index (χ1v) is 10.5. The SMILES string of the molecule is CCOc1ccc(CC(=O)NCC(c2ccsc2)N2CCN(C)CC2)cc1. The fraction of sp³-hybridized carbons (Fsp3) is 0.476. The van der Waals surface area contributed by atoms with Gasteiger partial charge in [0.1, 0.15) is 5.75 Å². The third-order valence-electron chi connectivity index (χ3n) is 5.00. The molecule has 2 heterocycles. The van der Waals surface area contributed by atoms with Gasteiger partial charge >= 0.3 is 0 Å². The lowest BCUT2D eigenvalue weighted by atomic mass is 10.1. The zero-order valence-electron chi connectivity index (χ0n) is 16.2. The second kappa shape index (κ2) is 9.88. The van der Waals surface area contributed by atoms with Gasteiger partial charge in [-0.05, 0) is 54.1 Å². The van der Waals surface area contributed by atoms with E-state index in [0.717, 1.165) is 37.5 Å². The molecular formula is C21H29N3O2S. The highest BCUT2D eigenvalue weighted by molar-refractivity contribution is 7.07. The minimum Gasteiger partial charge on any atom is -0.494 e. The van der Waals surface area contributed by atoms with Crippen LogP contribution in [0.25, 0.3) is 0 Å². The number of amides is 1. The minimum absolute atomic E-state index is 0.0634. The molecule has 5 nitrogen and oxygen atoms in total. The number of likely N-dealkylation sites (N-methyl/N-ethyl adjacent to an activating group) is 1. The maximum atomic E-state index is 12.5. The van der Waals surface area contributed by atoms with E-state index in [9.17, 15) is 4.79 Å². The molecule has 0 radical (unpaired) electrons. The highest BCUT2D eigenvalue weighted by Gasteiger charge is 2.24. The van der Waals surface area contributed by atoms with Crippen LogP contribution in [0.1, 0.15) is 24.1 Å². The molecule has 0 bridgehead atoms. The fourth-order valence-electron chi connectivity index (χ4n) is 3.38. The van der Waals surface area contributed by atoms with E-state index in [0.29, 0.717) is 19.6 Å². The van der Waals surface area contributed by atoms with E-state index in [1.54, 1.807) is 11.3 Å². The van der Waals surface area contributed by atoms with Crippen LogP contribution in [0.3, 0.4) is 0 Å². The number of nitrogens with zero attached hydrogens (tertiary/aromatic N) is 2. The Labute approximate surface area is 165 Å². The van der Waals surface area contributed by atoms with E-state index in [1.807, 2.05) is 31.2 Å². The van der Waals surface area contributed by atoms with Crippen LogP contribution in [0.4, 0.5) is 0 Å². The van der Waals surface area contributed by atoms with Crippen LogP contribution in [0.15, 0.2) is 41.1 Å². The molecule has 3 rings (SSSR count). The molecule has 0 saturated carbocycles. The summed E-state index contributed by atoms with van der Waals surface area (Å²) in [6.45, 7) is 7.47. The molecule has 1 aliphatic heterocycles. The summed E-state index contributed by atoms with van der Waals surface area (Å²) in [5.41, 5.74) is 2.30. The van der Waals surface area contributed by atoms with Crippen molar-refractivity contribution < 1.29 is 9.53 Å². The number of thiophene rings is 1. The standard InChI is InChI=1S/C21H29N3O2S/c1-3-26-19-6-4-17(5-7-19)14-21(25)22-15-20(18-8-13-27-16-18)24-11-9-23(2)10-12-24/h4-8,13,16,20H,3,9-12,14-15H2,1-2H3,(H,22,25). The molecule has 1 amide bonds. The minimum atomic E-state index is 0.0634. The molecule has 1 atom stereocenters. The molecule has 2 aromatic rings. The van der Waals surface area contributed by atoms with Crippen LogP contribution in [-0.4, -0.2) is 62.1 Å². The van der Waals surface area contributed by atoms with Gasteiger partial charge in [-0.1, -0.05) is 12.1 Å². The van der Waals surface area contributed by atoms with Crippen LogP contribution in [-0.2, 0) is 11.2 Å². The quantitative estimate of drug-likeness (QED) is 0.757. The van der Waals surface area contributed by atoms with Gasteiger partial charge in [-0.15, -0.1) is 0 Å². The first kappa shape index (κ1) is 19.9. The van der Waals surface area contributed by atoms with Crippen LogP contribution in [0, 0.1) is 0 Å². The van der Waals surface area contributed by atoms with Crippen molar-refractivity contribution in [2.45, 2.75) is 19.4 Å². The van der Waals surface area contributed by atoms with Gasteiger partial charge < -0.3 is 15.0 Å². The van der Waals surface area contributed by atoms with Crippen molar-refractivity contribution in [2.75, 3.05) is 46.4 Å². The summed E-state index contributed by atoms with van der Waals surface area (Å²) in [6, 6.07) is 10.2. The van der Waals surface area contributed by atoms with Crippen molar-refractivity contribution in [3.05, 3.63) is 52.2 Å². The summed E-state index contributed by atoms with van der Waals surface area (Å²) in [6.07, 6.45) is 0.394. The molecule has 27 heavy (non-hydrogen) atoms. The number of rotatable bonds is 8. The van der Waals surface area contributed by atoms with E-state index in [1.165, 1.54) is 5.56 Å². The lowest BCUT2D eigenvalue weighted by Crippen LogP contribution is -2.48. The average Bonchev–Trinajstić information content (AvgIpc) is 3.20. The third-order valence-corrected chi connectivity index (χ3v) is 5.70. The van der Waals surface area contributed by atoms with E-state index < -0.39 is 0 Å². The topological polar surface area (TPSA) is 44.8 Å². The molecule has 1 aromatic carbocycles. The Morgan fingerprint density at radius 2 is 1.93 bits per heavy atom.